The number of nitrogens with two attached hydrogens (primary N) is 1. The summed E-state index contributed by atoms with van der Waals surface area (Å²) >= 11 is 7.67. The molecule has 0 saturated carbocycles. The van der Waals surface area contributed by atoms with Crippen molar-refractivity contribution in [1.82, 2.24) is 5.32 Å². The van der Waals surface area contributed by atoms with Crippen LogP contribution < -0.4 is 11.1 Å². The van der Waals surface area contributed by atoms with Crippen LogP contribution >= 0.6 is 23.4 Å². The van der Waals surface area contributed by atoms with Gasteiger partial charge in [0.1, 0.15) is 0 Å². The first-order valence-electron chi connectivity index (χ1n) is 6.38. The molecular formula is C14H21ClN2OS. The molecule has 19 heavy (non-hydrogen) atoms. The van der Waals surface area contributed by atoms with Crippen molar-refractivity contribution < 1.29 is 4.79 Å². The lowest BCUT2D eigenvalue weighted by Crippen LogP contribution is -2.42. The summed E-state index contributed by atoms with van der Waals surface area (Å²) in [6.07, 6.45) is 3.51. The van der Waals surface area contributed by atoms with E-state index in [1.54, 1.807) is 11.8 Å². The number of rotatable bonds is 7. The molecule has 0 aliphatic heterocycles. The molecule has 0 heterocycles. The summed E-state index contributed by atoms with van der Waals surface area (Å²) < 4.78 is 0. The highest BCUT2D eigenvalue weighted by molar-refractivity contribution is 7.98. The van der Waals surface area contributed by atoms with Crippen molar-refractivity contribution in [1.29, 1.82) is 0 Å². The molecule has 1 aromatic carbocycles. The van der Waals surface area contributed by atoms with Gasteiger partial charge in [-0.3, -0.25) is 4.79 Å². The highest BCUT2D eigenvalue weighted by Crippen LogP contribution is 2.20. The van der Waals surface area contributed by atoms with Crippen LogP contribution in [-0.4, -0.2) is 24.0 Å². The number of thioether (sulfide) groups is 1. The molecule has 0 radical (unpaired) electrons. The topological polar surface area (TPSA) is 55.1 Å². The fourth-order valence-corrected chi connectivity index (χ4v) is 2.49. The third-order valence-electron chi connectivity index (χ3n) is 2.95. The summed E-state index contributed by atoms with van der Waals surface area (Å²) in [5.74, 6) is 0.795. The van der Waals surface area contributed by atoms with Gasteiger partial charge in [0, 0.05) is 5.02 Å². The molecule has 0 fully saturated rings. The number of hydrogen-bond acceptors (Lipinski definition) is 3. The normalized spacial score (nSPS) is 13.9. The van der Waals surface area contributed by atoms with Gasteiger partial charge in [-0.25, -0.2) is 0 Å². The van der Waals surface area contributed by atoms with Crippen LogP contribution in [0.5, 0.6) is 0 Å². The number of amides is 1. The Balaban J connectivity index is 2.64. The standard InChI is InChI=1S/C14H21ClN2OS/c1-3-13(10-5-4-6-11(15)9-10)17-14(18)12(16)7-8-19-2/h4-6,9,12-13H,3,7-8,16H2,1-2H3,(H,17,18)/t12-,13?/m1/s1. The summed E-state index contributed by atoms with van der Waals surface area (Å²) in [6.45, 7) is 2.03. The lowest BCUT2D eigenvalue weighted by Gasteiger charge is -2.20. The molecule has 0 saturated heterocycles. The van der Waals surface area contributed by atoms with Crippen molar-refractivity contribution >= 4 is 29.3 Å². The Morgan fingerprint density at radius 2 is 2.26 bits per heavy atom. The predicted molar refractivity (Wildman–Crippen MR) is 83.6 cm³/mol. The maximum Gasteiger partial charge on any atom is 0.237 e. The van der Waals surface area contributed by atoms with E-state index in [0.29, 0.717) is 11.4 Å². The van der Waals surface area contributed by atoms with Gasteiger partial charge in [-0.15, -0.1) is 0 Å². The number of carbonyl (C=O) groups excluding carboxylic acids is 1. The lowest BCUT2D eigenvalue weighted by molar-refractivity contribution is -0.123. The highest BCUT2D eigenvalue weighted by Gasteiger charge is 2.18. The van der Waals surface area contributed by atoms with E-state index < -0.39 is 6.04 Å². The van der Waals surface area contributed by atoms with Crippen LogP contribution in [0.15, 0.2) is 24.3 Å². The van der Waals surface area contributed by atoms with Crippen molar-refractivity contribution in [3.05, 3.63) is 34.9 Å². The van der Waals surface area contributed by atoms with Crippen LogP contribution in [0, 0.1) is 0 Å². The minimum absolute atomic E-state index is 0.0356. The number of nitrogens with one attached hydrogen (secondary N) is 1. The van der Waals surface area contributed by atoms with E-state index in [0.717, 1.165) is 17.7 Å². The van der Waals surface area contributed by atoms with Gasteiger partial charge >= 0.3 is 0 Å². The third kappa shape index (κ3) is 5.43. The summed E-state index contributed by atoms with van der Waals surface area (Å²) in [6, 6.07) is 7.08. The van der Waals surface area contributed by atoms with Gasteiger partial charge in [-0.05, 0) is 42.5 Å². The van der Waals surface area contributed by atoms with Crippen molar-refractivity contribution in [2.75, 3.05) is 12.0 Å². The van der Waals surface area contributed by atoms with Crippen LogP contribution in [0.3, 0.4) is 0 Å². The molecular weight excluding hydrogens is 280 g/mol. The molecule has 0 aliphatic carbocycles. The van der Waals surface area contributed by atoms with Crippen molar-refractivity contribution in [2.45, 2.75) is 31.8 Å². The zero-order chi connectivity index (χ0) is 14.3. The van der Waals surface area contributed by atoms with E-state index in [1.807, 2.05) is 37.4 Å². The maximum atomic E-state index is 12.0. The van der Waals surface area contributed by atoms with E-state index in [2.05, 4.69) is 5.32 Å². The average molecular weight is 301 g/mol. The molecule has 0 aromatic heterocycles. The van der Waals surface area contributed by atoms with Gasteiger partial charge in [0.15, 0.2) is 0 Å². The molecule has 5 heteroatoms. The molecule has 2 atom stereocenters. The van der Waals surface area contributed by atoms with E-state index in [1.165, 1.54) is 0 Å². The predicted octanol–water partition coefficient (Wildman–Crippen LogP) is 2.99. The fraction of sp³-hybridized carbons (Fsp3) is 0.500. The van der Waals surface area contributed by atoms with Gasteiger partial charge in [0.2, 0.25) is 5.91 Å². The van der Waals surface area contributed by atoms with Crippen LogP contribution in [0.25, 0.3) is 0 Å². The SMILES string of the molecule is CCC(NC(=O)[C@H](N)CCSC)c1cccc(Cl)c1. The second kappa shape index (κ2) is 8.46. The summed E-state index contributed by atoms with van der Waals surface area (Å²) in [4.78, 5) is 12.0. The quantitative estimate of drug-likeness (QED) is 0.814. The molecule has 3 N–H and O–H groups in total. The Morgan fingerprint density at radius 3 is 2.84 bits per heavy atom. The van der Waals surface area contributed by atoms with Crippen molar-refractivity contribution in [2.24, 2.45) is 5.73 Å². The molecule has 0 bridgehead atoms. The number of hydrogen-bond donors (Lipinski definition) is 2. The first-order valence-corrected chi connectivity index (χ1v) is 8.16. The smallest absolute Gasteiger partial charge is 0.237 e. The molecule has 106 valence electrons. The number of carbonyl (C=O) groups is 1. The second-order valence-electron chi connectivity index (χ2n) is 4.41. The Bertz CT molecular complexity index is 414. The minimum atomic E-state index is -0.444. The monoisotopic (exact) mass is 300 g/mol. The lowest BCUT2D eigenvalue weighted by atomic mass is 10.0. The second-order valence-corrected chi connectivity index (χ2v) is 5.83. The first kappa shape index (κ1) is 16.3. The molecule has 1 amide bonds. The van der Waals surface area contributed by atoms with Gasteiger partial charge in [-0.2, -0.15) is 11.8 Å². The van der Waals surface area contributed by atoms with Gasteiger partial charge in [0.25, 0.3) is 0 Å². The third-order valence-corrected chi connectivity index (χ3v) is 3.82. The largest absolute Gasteiger partial charge is 0.348 e. The molecule has 1 unspecified atom stereocenters. The van der Waals surface area contributed by atoms with Crippen molar-refractivity contribution in [3.63, 3.8) is 0 Å². The average Bonchev–Trinajstić information content (AvgIpc) is 2.41. The Labute approximate surface area is 124 Å². The van der Waals surface area contributed by atoms with Gasteiger partial charge < -0.3 is 11.1 Å². The zero-order valence-electron chi connectivity index (χ0n) is 11.4. The molecule has 1 aromatic rings. The first-order chi connectivity index (χ1) is 9.08. The molecule has 0 spiro atoms. The van der Waals surface area contributed by atoms with Gasteiger partial charge in [-0.1, -0.05) is 30.7 Å². The minimum Gasteiger partial charge on any atom is -0.348 e. The molecule has 3 nitrogen and oxygen atoms in total. The Hall–Kier alpha value is -0.710. The molecule has 0 aliphatic rings. The maximum absolute atomic E-state index is 12.0. The number of halogens is 1. The Morgan fingerprint density at radius 1 is 1.53 bits per heavy atom. The summed E-state index contributed by atoms with van der Waals surface area (Å²) in [7, 11) is 0. The van der Waals surface area contributed by atoms with Crippen LogP contribution in [0.4, 0.5) is 0 Å². The van der Waals surface area contributed by atoms with Crippen LogP contribution in [0.2, 0.25) is 5.02 Å². The summed E-state index contributed by atoms with van der Waals surface area (Å²) in [5.41, 5.74) is 6.88. The number of benzene rings is 1. The van der Waals surface area contributed by atoms with Crippen LogP contribution in [-0.2, 0) is 4.79 Å². The zero-order valence-corrected chi connectivity index (χ0v) is 12.9. The summed E-state index contributed by atoms with van der Waals surface area (Å²) in [5, 5.41) is 3.66. The van der Waals surface area contributed by atoms with E-state index >= 15 is 0 Å². The molecule has 1 rings (SSSR count). The van der Waals surface area contributed by atoms with Crippen LogP contribution in [0.1, 0.15) is 31.4 Å². The van der Waals surface area contributed by atoms with Crippen molar-refractivity contribution in [3.8, 4) is 0 Å². The van der Waals surface area contributed by atoms with E-state index in [9.17, 15) is 4.79 Å². The highest BCUT2D eigenvalue weighted by atomic mass is 35.5. The van der Waals surface area contributed by atoms with E-state index in [-0.39, 0.29) is 11.9 Å². The fourth-order valence-electron chi connectivity index (χ4n) is 1.80. The Kier molecular flexibility index (Phi) is 7.28. The van der Waals surface area contributed by atoms with Gasteiger partial charge in [0.05, 0.1) is 12.1 Å². The van der Waals surface area contributed by atoms with E-state index in [4.69, 9.17) is 17.3 Å².